The SMILES string of the molecule is CC(C)(O)CCn1cc(CN2CCC3(CC2)OCCc2c3sc(C(F)(F)F)c2CO)cn1. The zero-order valence-corrected chi connectivity index (χ0v) is 19.2. The van der Waals surface area contributed by atoms with E-state index in [1.54, 1.807) is 13.8 Å². The lowest BCUT2D eigenvalue weighted by Gasteiger charge is -2.43. The zero-order chi connectivity index (χ0) is 23.1. The van der Waals surface area contributed by atoms with Gasteiger partial charge in [0.1, 0.15) is 10.5 Å². The molecule has 178 valence electrons. The van der Waals surface area contributed by atoms with Gasteiger partial charge in [0.05, 0.1) is 25.0 Å². The van der Waals surface area contributed by atoms with E-state index < -0.39 is 28.9 Å². The van der Waals surface area contributed by atoms with Gasteiger partial charge in [-0.1, -0.05) is 0 Å². The van der Waals surface area contributed by atoms with E-state index in [1.165, 1.54) is 0 Å². The third-order valence-electron chi connectivity index (χ3n) is 6.39. The predicted molar refractivity (Wildman–Crippen MR) is 114 cm³/mol. The molecule has 2 aliphatic rings. The Morgan fingerprint density at radius 2 is 1.97 bits per heavy atom. The van der Waals surface area contributed by atoms with E-state index >= 15 is 0 Å². The summed E-state index contributed by atoms with van der Waals surface area (Å²) in [4.78, 5) is 2.24. The summed E-state index contributed by atoms with van der Waals surface area (Å²) < 4.78 is 48.5. The molecule has 0 aromatic carbocycles. The number of aliphatic hydroxyl groups is 2. The van der Waals surface area contributed by atoms with Crippen LogP contribution in [0.1, 0.15) is 59.6 Å². The molecule has 0 unspecified atom stereocenters. The van der Waals surface area contributed by atoms with Crippen LogP contribution < -0.4 is 0 Å². The highest BCUT2D eigenvalue weighted by Gasteiger charge is 2.47. The van der Waals surface area contributed by atoms with Gasteiger partial charge in [-0.15, -0.1) is 11.3 Å². The molecule has 0 radical (unpaired) electrons. The predicted octanol–water partition coefficient (Wildman–Crippen LogP) is 3.68. The fourth-order valence-electron chi connectivity index (χ4n) is 4.64. The molecule has 2 aromatic rings. The number of aliphatic hydroxyl groups excluding tert-OH is 1. The summed E-state index contributed by atoms with van der Waals surface area (Å²) in [7, 11) is 0. The van der Waals surface area contributed by atoms with Crippen molar-refractivity contribution in [1.82, 2.24) is 14.7 Å². The molecule has 6 nitrogen and oxygen atoms in total. The van der Waals surface area contributed by atoms with Crippen molar-refractivity contribution in [3.8, 4) is 0 Å². The first-order valence-corrected chi connectivity index (χ1v) is 11.8. The molecule has 4 heterocycles. The molecule has 2 aliphatic heterocycles. The van der Waals surface area contributed by atoms with Crippen molar-refractivity contribution in [3.63, 3.8) is 0 Å². The van der Waals surface area contributed by atoms with Crippen LogP contribution in [0.4, 0.5) is 13.2 Å². The normalized spacial score (nSPS) is 19.5. The minimum Gasteiger partial charge on any atom is -0.392 e. The number of likely N-dealkylation sites (tertiary alicyclic amines) is 1. The molecule has 1 fully saturated rings. The lowest BCUT2D eigenvalue weighted by atomic mass is 9.84. The summed E-state index contributed by atoms with van der Waals surface area (Å²) >= 11 is 0.752. The highest BCUT2D eigenvalue weighted by Crippen LogP contribution is 2.50. The van der Waals surface area contributed by atoms with Gasteiger partial charge in [0.15, 0.2) is 0 Å². The first-order valence-electron chi connectivity index (χ1n) is 10.9. The summed E-state index contributed by atoms with van der Waals surface area (Å²) in [6, 6.07) is 0. The van der Waals surface area contributed by atoms with Crippen LogP contribution in [0.2, 0.25) is 0 Å². The summed E-state index contributed by atoms with van der Waals surface area (Å²) in [5.74, 6) is 0. The monoisotopic (exact) mass is 473 g/mol. The van der Waals surface area contributed by atoms with Crippen LogP contribution >= 0.6 is 11.3 Å². The topological polar surface area (TPSA) is 70.8 Å². The summed E-state index contributed by atoms with van der Waals surface area (Å²) in [5, 5.41) is 23.9. The maximum atomic E-state index is 13.5. The first kappa shape index (κ1) is 23.7. The van der Waals surface area contributed by atoms with E-state index in [2.05, 4.69) is 10.00 Å². The third kappa shape index (κ3) is 4.89. The maximum absolute atomic E-state index is 13.5. The van der Waals surface area contributed by atoms with Crippen LogP contribution in [0.25, 0.3) is 0 Å². The molecule has 2 aromatic heterocycles. The second-order valence-electron chi connectivity index (χ2n) is 9.42. The number of rotatable bonds is 6. The van der Waals surface area contributed by atoms with E-state index in [-0.39, 0.29) is 5.56 Å². The number of thiophene rings is 1. The maximum Gasteiger partial charge on any atom is 0.425 e. The summed E-state index contributed by atoms with van der Waals surface area (Å²) in [6.07, 6.45) is 1.60. The Balaban J connectivity index is 1.43. The Bertz CT molecular complexity index is 941. The molecule has 10 heteroatoms. The fraction of sp³-hybridized carbons (Fsp3) is 0.682. The second kappa shape index (κ2) is 8.72. The molecule has 1 spiro atoms. The van der Waals surface area contributed by atoms with Crippen molar-refractivity contribution < 1.29 is 28.1 Å². The van der Waals surface area contributed by atoms with Gasteiger partial charge in [0, 0.05) is 48.4 Å². The fourth-order valence-corrected chi connectivity index (χ4v) is 6.07. The lowest BCUT2D eigenvalue weighted by molar-refractivity contribution is -0.135. The van der Waals surface area contributed by atoms with Crippen molar-refractivity contribution in [2.75, 3.05) is 19.7 Å². The lowest BCUT2D eigenvalue weighted by Crippen LogP contribution is -2.45. The Hall–Kier alpha value is -1.46. The molecule has 0 amide bonds. The number of aromatic nitrogens is 2. The Kier molecular flexibility index (Phi) is 6.45. The van der Waals surface area contributed by atoms with E-state index in [1.807, 2.05) is 17.1 Å². The van der Waals surface area contributed by atoms with Crippen molar-refractivity contribution in [2.24, 2.45) is 0 Å². The van der Waals surface area contributed by atoms with E-state index in [9.17, 15) is 23.4 Å². The van der Waals surface area contributed by atoms with Gasteiger partial charge in [-0.2, -0.15) is 18.3 Å². The van der Waals surface area contributed by atoms with Crippen LogP contribution in [0.15, 0.2) is 12.4 Å². The molecule has 0 saturated carbocycles. The van der Waals surface area contributed by atoms with Crippen LogP contribution in [-0.2, 0) is 42.6 Å². The van der Waals surface area contributed by atoms with Crippen molar-refractivity contribution in [3.05, 3.63) is 38.8 Å². The quantitative estimate of drug-likeness (QED) is 0.670. The number of piperidine rings is 1. The number of nitrogens with zero attached hydrogens (tertiary/aromatic N) is 3. The number of alkyl halides is 3. The van der Waals surface area contributed by atoms with Crippen LogP contribution in [0.5, 0.6) is 0 Å². The standard InChI is InChI=1S/C22H30F3N3O3S/c1-20(2,30)4-9-28-13-15(11-26-28)12-27-7-5-21(6-8-27)18-16(3-10-31-21)17(14-29)19(32-18)22(23,24)25/h11,13,29-30H,3-10,12,14H2,1-2H3. The number of hydrogen-bond acceptors (Lipinski definition) is 6. The number of fused-ring (bicyclic) bond motifs is 2. The van der Waals surface area contributed by atoms with Gasteiger partial charge in [-0.05, 0) is 45.1 Å². The summed E-state index contributed by atoms with van der Waals surface area (Å²) in [6.45, 7) is 6.09. The highest BCUT2D eigenvalue weighted by molar-refractivity contribution is 7.12. The van der Waals surface area contributed by atoms with Crippen LogP contribution in [0, 0.1) is 0 Å². The number of ether oxygens (including phenoxy) is 1. The smallest absolute Gasteiger partial charge is 0.392 e. The Labute approximate surface area is 189 Å². The molecular weight excluding hydrogens is 443 g/mol. The van der Waals surface area contributed by atoms with Crippen molar-refractivity contribution >= 4 is 11.3 Å². The average molecular weight is 474 g/mol. The molecular formula is C22H30F3N3O3S. The minimum atomic E-state index is -4.46. The molecule has 32 heavy (non-hydrogen) atoms. The van der Waals surface area contributed by atoms with Gasteiger partial charge in [0.2, 0.25) is 0 Å². The Morgan fingerprint density at radius 3 is 2.59 bits per heavy atom. The largest absolute Gasteiger partial charge is 0.425 e. The second-order valence-corrected chi connectivity index (χ2v) is 10.4. The number of aryl methyl sites for hydroxylation is 1. The van der Waals surface area contributed by atoms with Crippen LogP contribution in [0.3, 0.4) is 0 Å². The Morgan fingerprint density at radius 1 is 1.25 bits per heavy atom. The minimum absolute atomic E-state index is 0.0288. The third-order valence-corrected chi connectivity index (χ3v) is 7.89. The van der Waals surface area contributed by atoms with Gasteiger partial charge in [-0.3, -0.25) is 9.58 Å². The zero-order valence-electron chi connectivity index (χ0n) is 18.4. The van der Waals surface area contributed by atoms with E-state index in [0.717, 1.165) is 16.9 Å². The molecule has 0 aliphatic carbocycles. The van der Waals surface area contributed by atoms with Crippen LogP contribution in [-0.4, -0.2) is 50.2 Å². The van der Waals surface area contributed by atoms with Gasteiger partial charge in [-0.25, -0.2) is 0 Å². The molecule has 2 N–H and O–H groups in total. The highest BCUT2D eigenvalue weighted by atomic mass is 32.1. The molecule has 4 rings (SSSR count). The average Bonchev–Trinajstić information content (AvgIpc) is 3.32. The first-order chi connectivity index (χ1) is 15.0. The molecule has 0 bridgehead atoms. The van der Waals surface area contributed by atoms with E-state index in [0.29, 0.717) is 68.9 Å². The van der Waals surface area contributed by atoms with Gasteiger partial charge in [0.25, 0.3) is 0 Å². The van der Waals surface area contributed by atoms with Gasteiger partial charge >= 0.3 is 6.18 Å². The summed E-state index contributed by atoms with van der Waals surface area (Å²) in [5.41, 5.74) is 0.299. The van der Waals surface area contributed by atoms with E-state index in [4.69, 9.17) is 4.74 Å². The van der Waals surface area contributed by atoms with Gasteiger partial charge < -0.3 is 14.9 Å². The molecule has 1 saturated heterocycles. The van der Waals surface area contributed by atoms with Crippen molar-refractivity contribution in [2.45, 2.75) is 76.6 Å². The molecule has 0 atom stereocenters. The number of hydrogen-bond donors (Lipinski definition) is 2. The van der Waals surface area contributed by atoms with Crippen molar-refractivity contribution in [1.29, 1.82) is 0 Å². The number of halogens is 3.